The number of aliphatic hydroxyl groups is 3. The predicted octanol–water partition coefficient (Wildman–Crippen LogP) is -0.133. The molecule has 1 aromatic heterocycles. The number of rotatable bonds is 0. The molecule has 15 heavy (non-hydrogen) atoms. The fourth-order valence-electron chi connectivity index (χ4n) is 0.205. The van der Waals surface area contributed by atoms with E-state index in [1.54, 1.807) is 39.2 Å². The molecule has 90 valence electrons. The van der Waals surface area contributed by atoms with Crippen molar-refractivity contribution in [3.63, 3.8) is 0 Å². The molecule has 0 unspecified atom stereocenters. The van der Waals surface area contributed by atoms with Crippen molar-refractivity contribution in [2.75, 3.05) is 19.8 Å². The maximum absolute atomic E-state index is 7.57. The standard InChI is InChI=1S/C3H3N3.3C2H6O/c1-2-4-6-5-3-1;3*1-2-3/h1-3H;3*3H,2H2,1H3. The largest absolute Gasteiger partial charge is 0.397 e. The number of hydrogen-bond acceptors (Lipinski definition) is 6. The summed E-state index contributed by atoms with van der Waals surface area (Å²) in [5.74, 6) is 0. The van der Waals surface area contributed by atoms with Crippen molar-refractivity contribution in [2.45, 2.75) is 20.8 Å². The molecule has 0 aliphatic heterocycles. The molecule has 1 heterocycles. The second-order valence-electron chi connectivity index (χ2n) is 1.76. The van der Waals surface area contributed by atoms with Crippen molar-refractivity contribution in [1.29, 1.82) is 0 Å². The van der Waals surface area contributed by atoms with Gasteiger partial charge in [0.2, 0.25) is 0 Å². The third kappa shape index (κ3) is 63.9. The van der Waals surface area contributed by atoms with E-state index in [1.165, 1.54) is 0 Å². The molecule has 6 nitrogen and oxygen atoms in total. The third-order valence-corrected chi connectivity index (χ3v) is 0.409. The molecule has 0 bridgehead atoms. The quantitative estimate of drug-likeness (QED) is 0.562. The molecule has 0 saturated carbocycles. The molecule has 0 radical (unpaired) electrons. The zero-order chi connectivity index (χ0) is 12.4. The van der Waals surface area contributed by atoms with Gasteiger partial charge in [-0.25, -0.2) is 0 Å². The predicted molar refractivity (Wildman–Crippen MR) is 58.1 cm³/mol. The number of hydrogen-bond donors (Lipinski definition) is 3. The van der Waals surface area contributed by atoms with Gasteiger partial charge in [0.25, 0.3) is 0 Å². The Hall–Kier alpha value is -1.11. The lowest BCUT2D eigenvalue weighted by Gasteiger charge is -1.68. The summed E-state index contributed by atoms with van der Waals surface area (Å²) >= 11 is 0. The van der Waals surface area contributed by atoms with E-state index in [0.717, 1.165) is 0 Å². The van der Waals surface area contributed by atoms with Gasteiger partial charge in [0.15, 0.2) is 0 Å². The number of aliphatic hydroxyl groups excluding tert-OH is 3. The molecular weight excluding hydrogens is 198 g/mol. The van der Waals surface area contributed by atoms with Crippen LogP contribution in [0.2, 0.25) is 0 Å². The van der Waals surface area contributed by atoms with Crippen LogP contribution in [0.3, 0.4) is 0 Å². The zero-order valence-corrected chi connectivity index (χ0v) is 9.54. The van der Waals surface area contributed by atoms with Gasteiger partial charge in [0.05, 0.1) is 12.4 Å². The Bertz CT molecular complexity index is 121. The highest BCUT2D eigenvalue weighted by molar-refractivity contribution is 4.69. The van der Waals surface area contributed by atoms with Crippen LogP contribution < -0.4 is 0 Å². The molecule has 0 fully saturated rings. The Morgan fingerprint density at radius 2 is 1.07 bits per heavy atom. The molecule has 0 saturated heterocycles. The van der Waals surface area contributed by atoms with Gasteiger partial charge < -0.3 is 15.3 Å². The van der Waals surface area contributed by atoms with Crippen molar-refractivity contribution < 1.29 is 15.3 Å². The van der Waals surface area contributed by atoms with E-state index in [0.29, 0.717) is 0 Å². The second-order valence-corrected chi connectivity index (χ2v) is 1.76. The topological polar surface area (TPSA) is 99.4 Å². The summed E-state index contributed by atoms with van der Waals surface area (Å²) in [6.45, 7) is 5.79. The Kier molecular flexibility index (Phi) is 38.0. The van der Waals surface area contributed by atoms with Gasteiger partial charge in [-0.2, -0.15) is 0 Å². The van der Waals surface area contributed by atoms with E-state index in [2.05, 4.69) is 15.4 Å². The molecule has 1 aromatic rings. The zero-order valence-electron chi connectivity index (χ0n) is 9.54. The molecule has 0 amide bonds. The van der Waals surface area contributed by atoms with Crippen LogP contribution in [-0.2, 0) is 0 Å². The summed E-state index contributed by atoms with van der Waals surface area (Å²) in [7, 11) is 0. The smallest absolute Gasteiger partial charge is 0.0529 e. The Balaban J connectivity index is -0.000000140. The molecule has 0 aliphatic carbocycles. The minimum absolute atomic E-state index is 0.250. The normalized spacial score (nSPS) is 6.80. The van der Waals surface area contributed by atoms with Crippen LogP contribution in [-0.4, -0.2) is 50.6 Å². The van der Waals surface area contributed by atoms with E-state index in [1.807, 2.05) is 0 Å². The molecule has 0 atom stereocenters. The summed E-state index contributed by atoms with van der Waals surface area (Å²) in [6, 6.07) is 1.72. The first kappa shape index (κ1) is 19.5. The lowest BCUT2D eigenvalue weighted by molar-refractivity contribution is 0.318. The lowest BCUT2D eigenvalue weighted by atomic mass is 10.7. The lowest BCUT2D eigenvalue weighted by Crippen LogP contribution is -1.78. The van der Waals surface area contributed by atoms with Gasteiger partial charge in [-0.1, -0.05) is 0 Å². The Morgan fingerprint density at radius 1 is 0.800 bits per heavy atom. The average Bonchev–Trinajstić information content (AvgIpc) is 2.24. The number of aromatic nitrogens is 3. The molecule has 0 spiro atoms. The van der Waals surface area contributed by atoms with Crippen LogP contribution in [0.15, 0.2) is 18.5 Å². The van der Waals surface area contributed by atoms with Crippen LogP contribution in [0.1, 0.15) is 20.8 Å². The van der Waals surface area contributed by atoms with Gasteiger partial charge >= 0.3 is 0 Å². The van der Waals surface area contributed by atoms with Crippen molar-refractivity contribution in [3.8, 4) is 0 Å². The van der Waals surface area contributed by atoms with E-state index in [4.69, 9.17) is 15.3 Å². The van der Waals surface area contributed by atoms with Crippen LogP contribution in [0, 0.1) is 0 Å². The summed E-state index contributed by atoms with van der Waals surface area (Å²) in [6.07, 6.45) is 3.15. The number of nitrogens with zero attached hydrogens (tertiary/aromatic N) is 3. The highest BCUT2D eigenvalue weighted by atomic mass is 16.3. The van der Waals surface area contributed by atoms with Crippen molar-refractivity contribution in [2.24, 2.45) is 0 Å². The molecule has 3 N–H and O–H groups in total. The van der Waals surface area contributed by atoms with Crippen LogP contribution >= 0.6 is 0 Å². The minimum Gasteiger partial charge on any atom is -0.397 e. The highest BCUT2D eigenvalue weighted by Crippen LogP contribution is 1.61. The van der Waals surface area contributed by atoms with Gasteiger partial charge in [-0.05, 0) is 32.1 Å². The van der Waals surface area contributed by atoms with Gasteiger partial charge in [0, 0.05) is 19.8 Å². The molecular formula is C9H21N3O3. The summed E-state index contributed by atoms with van der Waals surface area (Å²) in [4.78, 5) is 0. The van der Waals surface area contributed by atoms with Crippen molar-refractivity contribution >= 4 is 0 Å². The van der Waals surface area contributed by atoms with E-state index < -0.39 is 0 Å². The van der Waals surface area contributed by atoms with Crippen LogP contribution in [0.4, 0.5) is 0 Å². The first-order valence-electron chi connectivity index (χ1n) is 4.65. The van der Waals surface area contributed by atoms with Crippen molar-refractivity contribution in [1.82, 2.24) is 15.4 Å². The van der Waals surface area contributed by atoms with E-state index >= 15 is 0 Å². The van der Waals surface area contributed by atoms with Gasteiger partial charge in [-0.15, -0.1) is 10.2 Å². The SMILES string of the molecule is CCO.CCO.CCO.c1cnnnc1. The fourth-order valence-corrected chi connectivity index (χ4v) is 0.205. The molecule has 0 aliphatic rings. The summed E-state index contributed by atoms with van der Waals surface area (Å²) < 4.78 is 0. The Labute approximate surface area is 90.6 Å². The van der Waals surface area contributed by atoms with Gasteiger partial charge in [-0.3, -0.25) is 0 Å². The van der Waals surface area contributed by atoms with Crippen LogP contribution in [0.5, 0.6) is 0 Å². The molecule has 1 rings (SSSR count). The summed E-state index contributed by atoms with van der Waals surface area (Å²) in [5.41, 5.74) is 0. The van der Waals surface area contributed by atoms with Crippen molar-refractivity contribution in [3.05, 3.63) is 18.5 Å². The minimum atomic E-state index is 0.250. The average molecular weight is 219 g/mol. The second kappa shape index (κ2) is 29.3. The first-order valence-corrected chi connectivity index (χ1v) is 4.65. The molecule has 6 heteroatoms. The third-order valence-electron chi connectivity index (χ3n) is 0.409. The maximum Gasteiger partial charge on any atom is 0.0529 e. The van der Waals surface area contributed by atoms with Gasteiger partial charge in [0.1, 0.15) is 0 Å². The first-order chi connectivity index (χ1) is 7.24. The molecule has 0 aromatic carbocycles. The monoisotopic (exact) mass is 219 g/mol. The highest BCUT2D eigenvalue weighted by Gasteiger charge is 1.60. The fraction of sp³-hybridized carbons (Fsp3) is 0.667. The summed E-state index contributed by atoms with van der Waals surface area (Å²) in [5, 5.41) is 32.8. The van der Waals surface area contributed by atoms with Crippen LogP contribution in [0.25, 0.3) is 0 Å². The van der Waals surface area contributed by atoms with E-state index in [-0.39, 0.29) is 19.8 Å². The maximum atomic E-state index is 7.57. The Morgan fingerprint density at radius 3 is 1.13 bits per heavy atom. The van der Waals surface area contributed by atoms with E-state index in [9.17, 15) is 0 Å².